The minimum atomic E-state index is -0.950. The largest absolute Gasteiger partial charge is 0.493 e. The second-order valence-electron chi connectivity index (χ2n) is 8.99. The van der Waals surface area contributed by atoms with Crippen molar-refractivity contribution < 1.29 is 28.9 Å². The lowest BCUT2D eigenvalue weighted by Gasteiger charge is -2.40. The minimum Gasteiger partial charge on any atom is -0.493 e. The number of ether oxygens (including phenoxy) is 3. The van der Waals surface area contributed by atoms with E-state index in [1.165, 1.54) is 4.90 Å². The van der Waals surface area contributed by atoms with E-state index >= 15 is 0 Å². The van der Waals surface area contributed by atoms with Gasteiger partial charge in [0.15, 0.2) is 0 Å². The molecular formula is C27H36N2O6. The molecule has 0 bridgehead atoms. The average Bonchev–Trinajstić information content (AvgIpc) is 2.86. The van der Waals surface area contributed by atoms with Gasteiger partial charge >= 0.3 is 6.09 Å². The van der Waals surface area contributed by atoms with Crippen molar-refractivity contribution in [2.45, 2.75) is 51.8 Å². The number of hydrogen-bond donors (Lipinski definition) is 1. The van der Waals surface area contributed by atoms with Crippen LogP contribution in [0.15, 0.2) is 48.5 Å². The van der Waals surface area contributed by atoms with Crippen molar-refractivity contribution in [1.82, 2.24) is 9.80 Å². The molecule has 1 atom stereocenters. The topological polar surface area (TPSA) is 88.5 Å². The van der Waals surface area contributed by atoms with E-state index in [-0.39, 0.29) is 18.0 Å². The van der Waals surface area contributed by atoms with Gasteiger partial charge in [0.1, 0.15) is 18.1 Å². The number of methoxy groups -OCH3 is 1. The molecule has 0 saturated carbocycles. The first-order valence-corrected chi connectivity index (χ1v) is 12.1. The van der Waals surface area contributed by atoms with Crippen molar-refractivity contribution in [2.24, 2.45) is 0 Å². The lowest BCUT2D eigenvalue weighted by atomic mass is 10.0. The maximum absolute atomic E-state index is 13.7. The van der Waals surface area contributed by atoms with E-state index in [1.807, 2.05) is 44.2 Å². The summed E-state index contributed by atoms with van der Waals surface area (Å²) in [5.74, 6) is 0.930. The summed E-state index contributed by atoms with van der Waals surface area (Å²) in [4.78, 5) is 28.5. The highest BCUT2D eigenvalue weighted by Crippen LogP contribution is 2.28. The summed E-state index contributed by atoms with van der Waals surface area (Å²) in [7, 11) is 1.64. The summed E-state index contributed by atoms with van der Waals surface area (Å²) in [6.45, 7) is 6.11. The van der Waals surface area contributed by atoms with Gasteiger partial charge < -0.3 is 29.1 Å². The van der Waals surface area contributed by atoms with Crippen molar-refractivity contribution in [1.29, 1.82) is 0 Å². The van der Waals surface area contributed by atoms with Crippen molar-refractivity contribution in [2.75, 3.05) is 33.4 Å². The Hall–Kier alpha value is -3.26. The number of rotatable bonds is 11. The van der Waals surface area contributed by atoms with Gasteiger partial charge in [0, 0.05) is 50.9 Å². The monoisotopic (exact) mass is 484 g/mol. The number of amides is 2. The number of likely N-dealkylation sites (tertiary alicyclic amines) is 1. The molecule has 8 nitrogen and oxygen atoms in total. The molecule has 2 aromatic rings. The summed E-state index contributed by atoms with van der Waals surface area (Å²) < 4.78 is 17.0. The third-order valence-electron chi connectivity index (χ3n) is 5.99. The Morgan fingerprint density at radius 3 is 2.46 bits per heavy atom. The second kappa shape index (κ2) is 13.0. The predicted octanol–water partition coefficient (Wildman–Crippen LogP) is 4.67. The number of carbonyl (C=O) groups is 2. The molecule has 3 rings (SSSR count). The summed E-state index contributed by atoms with van der Waals surface area (Å²) in [5, 5.41) is 9.46. The predicted molar refractivity (Wildman–Crippen MR) is 133 cm³/mol. The van der Waals surface area contributed by atoms with Gasteiger partial charge in [-0.25, -0.2) is 4.79 Å². The number of carboxylic acid groups (broad SMARTS) is 1. The van der Waals surface area contributed by atoms with E-state index < -0.39 is 6.09 Å². The average molecular weight is 485 g/mol. The number of carbonyl (C=O) groups excluding carboxylic acids is 1. The fraction of sp³-hybridized carbons (Fsp3) is 0.481. The zero-order valence-corrected chi connectivity index (χ0v) is 20.8. The first kappa shape index (κ1) is 26.3. The SMILES string of the molecule is COCCCOc1cc(OCc2ccccc2)cc(C(=O)N(C(C)C)[C@@H]2CCCN(C(=O)O)C2)c1. The Balaban J connectivity index is 1.84. The van der Waals surface area contributed by atoms with Gasteiger partial charge in [0.05, 0.1) is 12.6 Å². The molecule has 1 aliphatic rings. The van der Waals surface area contributed by atoms with Crippen LogP contribution in [0.5, 0.6) is 11.5 Å². The van der Waals surface area contributed by atoms with Crippen LogP contribution < -0.4 is 9.47 Å². The maximum Gasteiger partial charge on any atom is 0.407 e. The molecule has 2 amide bonds. The van der Waals surface area contributed by atoms with Crippen LogP contribution in [0.2, 0.25) is 0 Å². The number of hydrogen-bond acceptors (Lipinski definition) is 5. The fourth-order valence-corrected chi connectivity index (χ4v) is 4.32. The highest BCUT2D eigenvalue weighted by molar-refractivity contribution is 5.95. The van der Waals surface area contributed by atoms with Crippen molar-refractivity contribution in [3.63, 3.8) is 0 Å². The Bertz CT molecular complexity index is 965. The van der Waals surface area contributed by atoms with Crippen LogP contribution in [-0.4, -0.2) is 72.4 Å². The zero-order valence-electron chi connectivity index (χ0n) is 20.8. The molecule has 190 valence electrons. The van der Waals surface area contributed by atoms with E-state index in [4.69, 9.17) is 14.2 Å². The number of piperidine rings is 1. The van der Waals surface area contributed by atoms with Crippen molar-refractivity contribution in [3.8, 4) is 11.5 Å². The molecule has 0 spiro atoms. The van der Waals surface area contributed by atoms with E-state index in [9.17, 15) is 14.7 Å². The van der Waals surface area contributed by atoms with Crippen LogP contribution in [0.4, 0.5) is 4.79 Å². The number of nitrogens with zero attached hydrogens (tertiary/aromatic N) is 2. The van der Waals surface area contributed by atoms with Crippen LogP contribution >= 0.6 is 0 Å². The van der Waals surface area contributed by atoms with Gasteiger partial charge in [0.25, 0.3) is 5.91 Å². The van der Waals surface area contributed by atoms with E-state index in [2.05, 4.69) is 0 Å². The molecule has 0 unspecified atom stereocenters. The fourth-order valence-electron chi connectivity index (χ4n) is 4.32. The highest BCUT2D eigenvalue weighted by atomic mass is 16.5. The molecule has 0 aliphatic carbocycles. The van der Waals surface area contributed by atoms with Gasteiger partial charge in [-0.3, -0.25) is 4.79 Å². The van der Waals surface area contributed by atoms with Gasteiger partial charge in [-0.1, -0.05) is 30.3 Å². The summed E-state index contributed by atoms with van der Waals surface area (Å²) in [6, 6.07) is 14.8. The normalized spacial score (nSPS) is 15.7. The van der Waals surface area contributed by atoms with E-state index in [0.717, 1.165) is 24.8 Å². The molecule has 0 aromatic heterocycles. The summed E-state index contributed by atoms with van der Waals surface area (Å²) in [5.41, 5.74) is 1.48. The molecule has 1 fully saturated rings. The minimum absolute atomic E-state index is 0.0961. The van der Waals surface area contributed by atoms with Gasteiger partial charge in [-0.2, -0.15) is 0 Å². The first-order chi connectivity index (χ1) is 16.9. The Morgan fingerprint density at radius 2 is 1.80 bits per heavy atom. The lowest BCUT2D eigenvalue weighted by molar-refractivity contribution is 0.0449. The standard InChI is InChI=1S/C27H36N2O6/c1-20(2)29(23-11-7-12-28(18-23)27(31)32)26(30)22-15-24(34-14-8-13-33-3)17-25(16-22)35-19-21-9-5-4-6-10-21/h4-6,9-10,15-17,20,23H,7-8,11-14,18-19H2,1-3H3,(H,31,32)/t23-/m1/s1. The molecule has 1 heterocycles. The quantitative estimate of drug-likeness (QED) is 0.466. The molecule has 8 heteroatoms. The molecular weight excluding hydrogens is 448 g/mol. The first-order valence-electron chi connectivity index (χ1n) is 12.1. The Labute approximate surface area is 207 Å². The Morgan fingerprint density at radius 1 is 1.09 bits per heavy atom. The van der Waals surface area contributed by atoms with Crippen LogP contribution in [0.25, 0.3) is 0 Å². The molecule has 1 aliphatic heterocycles. The molecule has 2 aromatic carbocycles. The van der Waals surface area contributed by atoms with Gasteiger partial charge in [0.2, 0.25) is 0 Å². The van der Waals surface area contributed by atoms with Crippen LogP contribution in [0.1, 0.15) is 49.0 Å². The highest BCUT2D eigenvalue weighted by Gasteiger charge is 2.33. The van der Waals surface area contributed by atoms with Crippen LogP contribution in [0.3, 0.4) is 0 Å². The summed E-state index contributed by atoms with van der Waals surface area (Å²) in [6.07, 6.45) is 1.26. The molecule has 1 saturated heterocycles. The third-order valence-corrected chi connectivity index (χ3v) is 5.99. The maximum atomic E-state index is 13.7. The summed E-state index contributed by atoms with van der Waals surface area (Å²) >= 11 is 0. The second-order valence-corrected chi connectivity index (χ2v) is 8.99. The van der Waals surface area contributed by atoms with Crippen LogP contribution in [-0.2, 0) is 11.3 Å². The van der Waals surface area contributed by atoms with E-state index in [1.54, 1.807) is 30.2 Å². The van der Waals surface area contributed by atoms with Gasteiger partial charge in [-0.15, -0.1) is 0 Å². The van der Waals surface area contributed by atoms with E-state index in [0.29, 0.717) is 50.0 Å². The molecule has 35 heavy (non-hydrogen) atoms. The zero-order chi connectivity index (χ0) is 25.2. The van der Waals surface area contributed by atoms with Gasteiger partial charge in [-0.05, 0) is 44.4 Å². The lowest BCUT2D eigenvalue weighted by Crippen LogP contribution is -2.53. The van der Waals surface area contributed by atoms with Crippen LogP contribution in [0, 0.1) is 0 Å². The molecule has 0 radical (unpaired) electrons. The van der Waals surface area contributed by atoms with Crippen molar-refractivity contribution >= 4 is 12.0 Å². The Kier molecular flexibility index (Phi) is 9.78. The van der Waals surface area contributed by atoms with Crippen molar-refractivity contribution in [3.05, 3.63) is 59.7 Å². The smallest absolute Gasteiger partial charge is 0.407 e. The third kappa shape index (κ3) is 7.62. The number of benzene rings is 2. The molecule has 1 N–H and O–H groups in total.